The summed E-state index contributed by atoms with van der Waals surface area (Å²) >= 11 is 2.96. The van der Waals surface area contributed by atoms with Crippen molar-refractivity contribution < 1.29 is 13.9 Å². The van der Waals surface area contributed by atoms with Gasteiger partial charge in [-0.1, -0.05) is 13.8 Å². The summed E-state index contributed by atoms with van der Waals surface area (Å²) in [6.07, 6.45) is -0.988. The van der Waals surface area contributed by atoms with Gasteiger partial charge in [0, 0.05) is 5.56 Å². The number of aliphatic hydroxyl groups excluding tert-OH is 1. The van der Waals surface area contributed by atoms with Crippen LogP contribution in [-0.2, 0) is 0 Å². The highest BCUT2D eigenvalue weighted by Crippen LogP contribution is 2.28. The van der Waals surface area contributed by atoms with Crippen molar-refractivity contribution in [3.8, 4) is 0 Å². The minimum absolute atomic E-state index is 0.135. The topological polar surface area (TPSA) is 46.2 Å². The van der Waals surface area contributed by atoms with E-state index in [1.807, 2.05) is 0 Å². The van der Waals surface area contributed by atoms with Crippen LogP contribution in [0.25, 0.3) is 0 Å². The number of nitrogens with two attached hydrogens (primary N) is 1. The average molecular weight is 294 g/mol. The van der Waals surface area contributed by atoms with Crippen LogP contribution in [0.4, 0.5) is 8.78 Å². The molecule has 0 fully saturated rings. The molecule has 0 aromatic heterocycles. The van der Waals surface area contributed by atoms with E-state index in [0.29, 0.717) is 0 Å². The summed E-state index contributed by atoms with van der Waals surface area (Å²) in [6, 6.07) is 1.32. The maximum Gasteiger partial charge on any atom is 0.145 e. The second-order valence-corrected chi connectivity index (χ2v) is 4.87. The standard InChI is InChI=1S/C11H14BrF2NO/c1-5(2)11(16)10(15)8-7(13)4-3-6(12)9(8)14/h3-5,10-11,16H,15H2,1-2H3/t10-,11+/m0/s1. The highest BCUT2D eigenvalue weighted by molar-refractivity contribution is 9.10. The maximum atomic E-state index is 13.7. The van der Waals surface area contributed by atoms with E-state index in [2.05, 4.69) is 15.9 Å². The molecule has 3 N–H and O–H groups in total. The molecular weight excluding hydrogens is 280 g/mol. The normalized spacial score (nSPS) is 15.2. The van der Waals surface area contributed by atoms with E-state index in [-0.39, 0.29) is 16.0 Å². The van der Waals surface area contributed by atoms with Crippen molar-refractivity contribution in [3.05, 3.63) is 33.8 Å². The zero-order chi connectivity index (χ0) is 12.5. The van der Waals surface area contributed by atoms with Gasteiger partial charge in [-0.3, -0.25) is 0 Å². The molecule has 1 aromatic rings. The maximum absolute atomic E-state index is 13.7. The van der Waals surface area contributed by atoms with Crippen molar-refractivity contribution in [3.63, 3.8) is 0 Å². The van der Waals surface area contributed by atoms with Gasteiger partial charge in [0.15, 0.2) is 0 Å². The molecule has 0 saturated heterocycles. The van der Waals surface area contributed by atoms with E-state index in [1.165, 1.54) is 6.07 Å². The molecule has 2 atom stereocenters. The Morgan fingerprint density at radius 2 is 1.88 bits per heavy atom. The first-order valence-electron chi connectivity index (χ1n) is 4.93. The van der Waals surface area contributed by atoms with Gasteiger partial charge in [-0.05, 0) is 34.0 Å². The van der Waals surface area contributed by atoms with Crippen molar-refractivity contribution in [1.29, 1.82) is 0 Å². The Hall–Kier alpha value is -0.520. The molecule has 0 aliphatic heterocycles. The number of hydrogen-bond acceptors (Lipinski definition) is 2. The van der Waals surface area contributed by atoms with E-state index in [9.17, 15) is 13.9 Å². The fourth-order valence-corrected chi connectivity index (χ4v) is 1.78. The number of rotatable bonds is 3. The zero-order valence-corrected chi connectivity index (χ0v) is 10.6. The first-order valence-corrected chi connectivity index (χ1v) is 5.72. The first kappa shape index (κ1) is 13.5. The van der Waals surface area contributed by atoms with E-state index in [0.717, 1.165) is 6.07 Å². The van der Waals surface area contributed by atoms with Gasteiger partial charge in [0.05, 0.1) is 16.6 Å². The molecule has 1 rings (SSSR count). The predicted molar refractivity (Wildman–Crippen MR) is 61.8 cm³/mol. The van der Waals surface area contributed by atoms with Gasteiger partial charge in [-0.15, -0.1) is 0 Å². The minimum Gasteiger partial charge on any atom is -0.391 e. The van der Waals surface area contributed by atoms with Gasteiger partial charge >= 0.3 is 0 Å². The Bertz CT molecular complexity index is 384. The van der Waals surface area contributed by atoms with Crippen molar-refractivity contribution >= 4 is 15.9 Å². The lowest BCUT2D eigenvalue weighted by molar-refractivity contribution is 0.0951. The van der Waals surface area contributed by atoms with Crippen LogP contribution >= 0.6 is 15.9 Å². The third-order valence-corrected chi connectivity index (χ3v) is 3.08. The zero-order valence-electron chi connectivity index (χ0n) is 9.05. The van der Waals surface area contributed by atoms with Crippen molar-refractivity contribution in [1.82, 2.24) is 0 Å². The summed E-state index contributed by atoms with van der Waals surface area (Å²) in [5.74, 6) is -1.67. The minimum atomic E-state index is -1.07. The SMILES string of the molecule is CC(C)[C@@H](O)[C@@H](N)c1c(F)ccc(Br)c1F. The highest BCUT2D eigenvalue weighted by Gasteiger charge is 2.26. The molecule has 2 nitrogen and oxygen atoms in total. The van der Waals surface area contributed by atoms with Crippen LogP contribution in [-0.4, -0.2) is 11.2 Å². The van der Waals surface area contributed by atoms with Gasteiger partial charge in [0.1, 0.15) is 11.6 Å². The fraction of sp³-hybridized carbons (Fsp3) is 0.455. The monoisotopic (exact) mass is 293 g/mol. The van der Waals surface area contributed by atoms with Gasteiger partial charge in [-0.25, -0.2) is 8.78 Å². The second-order valence-electron chi connectivity index (χ2n) is 4.02. The third kappa shape index (κ3) is 2.59. The van der Waals surface area contributed by atoms with Crippen molar-refractivity contribution in [2.24, 2.45) is 11.7 Å². The number of hydrogen-bond donors (Lipinski definition) is 2. The molecule has 16 heavy (non-hydrogen) atoms. The number of aliphatic hydroxyl groups is 1. The van der Waals surface area contributed by atoms with E-state index in [4.69, 9.17) is 5.73 Å². The Morgan fingerprint density at radius 3 is 2.38 bits per heavy atom. The van der Waals surface area contributed by atoms with Crippen LogP contribution in [0.5, 0.6) is 0 Å². The van der Waals surface area contributed by atoms with E-state index >= 15 is 0 Å². The summed E-state index contributed by atoms with van der Waals surface area (Å²) in [5.41, 5.74) is 5.38. The van der Waals surface area contributed by atoms with E-state index in [1.54, 1.807) is 13.8 Å². The summed E-state index contributed by atoms with van der Waals surface area (Å²) in [4.78, 5) is 0. The Kier molecular flexibility index (Phi) is 4.41. The van der Waals surface area contributed by atoms with Crippen LogP contribution in [0, 0.1) is 17.6 Å². The van der Waals surface area contributed by atoms with Crippen LogP contribution < -0.4 is 5.73 Å². The lowest BCUT2D eigenvalue weighted by Crippen LogP contribution is -2.32. The molecule has 0 heterocycles. The predicted octanol–water partition coefficient (Wildman–Crippen LogP) is 2.74. The van der Waals surface area contributed by atoms with Gasteiger partial charge in [0.2, 0.25) is 0 Å². The second kappa shape index (κ2) is 5.21. The lowest BCUT2D eigenvalue weighted by Gasteiger charge is -2.23. The van der Waals surface area contributed by atoms with Crippen LogP contribution in [0.2, 0.25) is 0 Å². The molecule has 0 aliphatic carbocycles. The van der Waals surface area contributed by atoms with Crippen molar-refractivity contribution in [2.45, 2.75) is 26.0 Å². The summed E-state index contributed by atoms with van der Waals surface area (Å²) in [7, 11) is 0. The molecule has 0 saturated carbocycles. The largest absolute Gasteiger partial charge is 0.391 e. The van der Waals surface area contributed by atoms with Crippen molar-refractivity contribution in [2.75, 3.05) is 0 Å². The highest BCUT2D eigenvalue weighted by atomic mass is 79.9. The Labute approximate surface area is 102 Å². The first-order chi connectivity index (χ1) is 7.36. The molecule has 0 bridgehead atoms. The quantitative estimate of drug-likeness (QED) is 0.842. The molecule has 5 heteroatoms. The molecule has 0 spiro atoms. The number of benzene rings is 1. The Balaban J connectivity index is 3.17. The van der Waals surface area contributed by atoms with Crippen LogP contribution in [0.15, 0.2) is 16.6 Å². The molecule has 0 amide bonds. The molecule has 90 valence electrons. The smallest absolute Gasteiger partial charge is 0.145 e. The molecule has 0 aliphatic rings. The lowest BCUT2D eigenvalue weighted by atomic mass is 9.94. The average Bonchev–Trinajstić information content (AvgIpc) is 2.22. The molecular formula is C11H14BrF2NO. The van der Waals surface area contributed by atoms with Crippen LogP contribution in [0.1, 0.15) is 25.5 Å². The van der Waals surface area contributed by atoms with Gasteiger partial charge in [0.25, 0.3) is 0 Å². The molecule has 0 radical (unpaired) electrons. The molecule has 1 aromatic carbocycles. The molecule has 0 unspecified atom stereocenters. The van der Waals surface area contributed by atoms with Gasteiger partial charge in [-0.2, -0.15) is 0 Å². The number of halogens is 3. The summed E-state index contributed by atoms with van der Waals surface area (Å²) in [6.45, 7) is 3.47. The fourth-order valence-electron chi connectivity index (χ4n) is 1.43. The summed E-state index contributed by atoms with van der Waals surface area (Å²) in [5, 5.41) is 9.71. The van der Waals surface area contributed by atoms with E-state index < -0.39 is 23.8 Å². The summed E-state index contributed by atoms with van der Waals surface area (Å²) < 4.78 is 27.2. The third-order valence-electron chi connectivity index (χ3n) is 2.46. The van der Waals surface area contributed by atoms with Crippen LogP contribution in [0.3, 0.4) is 0 Å². The van der Waals surface area contributed by atoms with Gasteiger partial charge < -0.3 is 10.8 Å². The Morgan fingerprint density at radius 1 is 1.31 bits per heavy atom.